The van der Waals surface area contributed by atoms with Crippen molar-refractivity contribution in [3.8, 4) is 0 Å². The molecule has 0 spiro atoms. The molecule has 130 valence electrons. The lowest BCUT2D eigenvalue weighted by atomic mass is 9.98. The molecule has 0 saturated heterocycles. The molecule has 0 aliphatic rings. The molecule has 0 heterocycles. The number of carbonyl (C=O) groups excluding carboxylic acids is 1. The van der Waals surface area contributed by atoms with Crippen LogP contribution in [0, 0.1) is 13.8 Å². The van der Waals surface area contributed by atoms with Crippen LogP contribution in [0.3, 0.4) is 0 Å². The van der Waals surface area contributed by atoms with Crippen molar-refractivity contribution in [3.63, 3.8) is 0 Å². The first kappa shape index (κ1) is 17.7. The van der Waals surface area contributed by atoms with Gasteiger partial charge in [-0.1, -0.05) is 84.4 Å². The fourth-order valence-corrected chi connectivity index (χ4v) is 3.02. The molecular weight excluding hydrogens is 318 g/mol. The summed E-state index contributed by atoms with van der Waals surface area (Å²) in [6.45, 7) is 4.12. The van der Waals surface area contributed by atoms with E-state index in [2.05, 4.69) is 31.3 Å². The lowest BCUT2D eigenvalue weighted by Crippen LogP contribution is -2.27. The van der Waals surface area contributed by atoms with Crippen molar-refractivity contribution in [1.29, 1.82) is 0 Å². The maximum atomic E-state index is 12.6. The van der Waals surface area contributed by atoms with Crippen LogP contribution in [0.15, 0.2) is 84.9 Å². The summed E-state index contributed by atoms with van der Waals surface area (Å²) in [5, 5.41) is 3.12. The molecule has 0 aliphatic carbocycles. The lowest BCUT2D eigenvalue weighted by Gasteiger charge is -2.19. The SMILES string of the molecule is Cc1ccc(/C=C\C(=O)NC(c2ccccc2)c2ccccc2)c(C)c1. The normalized spacial score (nSPS) is 11.0. The van der Waals surface area contributed by atoms with Crippen LogP contribution in [0.2, 0.25) is 0 Å². The second-order valence-electron chi connectivity index (χ2n) is 6.46. The summed E-state index contributed by atoms with van der Waals surface area (Å²) in [5.41, 5.74) is 5.56. The third-order valence-corrected chi connectivity index (χ3v) is 4.39. The van der Waals surface area contributed by atoms with Crippen LogP contribution in [-0.2, 0) is 4.79 Å². The van der Waals surface area contributed by atoms with Crippen molar-refractivity contribution in [2.45, 2.75) is 19.9 Å². The molecule has 2 heteroatoms. The average molecular weight is 341 g/mol. The minimum absolute atomic E-state index is 0.109. The summed E-state index contributed by atoms with van der Waals surface area (Å²) in [6, 6.07) is 26.1. The third kappa shape index (κ3) is 4.48. The van der Waals surface area contributed by atoms with Crippen molar-refractivity contribution in [3.05, 3.63) is 113 Å². The molecular formula is C24H23NO. The van der Waals surface area contributed by atoms with Gasteiger partial charge in [0.05, 0.1) is 6.04 Å². The first-order valence-corrected chi connectivity index (χ1v) is 8.79. The predicted molar refractivity (Wildman–Crippen MR) is 108 cm³/mol. The topological polar surface area (TPSA) is 29.1 Å². The van der Waals surface area contributed by atoms with E-state index < -0.39 is 0 Å². The maximum absolute atomic E-state index is 12.6. The Bertz CT molecular complexity index is 859. The van der Waals surface area contributed by atoms with E-state index in [1.54, 1.807) is 6.08 Å². The number of hydrogen-bond acceptors (Lipinski definition) is 1. The van der Waals surface area contributed by atoms with Crippen LogP contribution in [0.1, 0.15) is 33.9 Å². The molecule has 1 amide bonds. The van der Waals surface area contributed by atoms with Crippen molar-refractivity contribution in [2.24, 2.45) is 0 Å². The van der Waals surface area contributed by atoms with Crippen LogP contribution in [-0.4, -0.2) is 5.91 Å². The van der Waals surface area contributed by atoms with Crippen molar-refractivity contribution in [2.75, 3.05) is 0 Å². The predicted octanol–water partition coefficient (Wildman–Crippen LogP) is 5.22. The Balaban J connectivity index is 1.80. The van der Waals surface area contributed by atoms with E-state index in [1.165, 1.54) is 5.56 Å². The van der Waals surface area contributed by atoms with Gasteiger partial charge < -0.3 is 5.32 Å². The van der Waals surface area contributed by atoms with Gasteiger partial charge >= 0.3 is 0 Å². The van der Waals surface area contributed by atoms with Gasteiger partial charge in [-0.15, -0.1) is 0 Å². The van der Waals surface area contributed by atoms with E-state index in [0.717, 1.165) is 22.3 Å². The fourth-order valence-electron chi connectivity index (χ4n) is 3.02. The summed E-state index contributed by atoms with van der Waals surface area (Å²) >= 11 is 0. The molecule has 3 rings (SSSR count). The second-order valence-corrected chi connectivity index (χ2v) is 6.46. The maximum Gasteiger partial charge on any atom is 0.244 e. The van der Waals surface area contributed by atoms with Gasteiger partial charge in [0.15, 0.2) is 0 Å². The van der Waals surface area contributed by atoms with E-state index in [9.17, 15) is 4.79 Å². The average Bonchev–Trinajstić information content (AvgIpc) is 2.67. The standard InChI is InChI=1S/C24H23NO/c1-18-13-14-20(19(2)17-18)15-16-23(26)25-24(21-9-5-3-6-10-21)22-11-7-4-8-12-22/h3-17,24H,1-2H3,(H,25,26)/b16-15-. The number of nitrogens with one attached hydrogen (secondary N) is 1. The number of benzene rings is 3. The minimum atomic E-state index is -0.173. The molecule has 0 aromatic heterocycles. The van der Waals surface area contributed by atoms with Gasteiger partial charge in [-0.05, 0) is 42.2 Å². The second kappa shape index (κ2) is 8.30. The van der Waals surface area contributed by atoms with E-state index in [-0.39, 0.29) is 11.9 Å². The highest BCUT2D eigenvalue weighted by Crippen LogP contribution is 2.21. The van der Waals surface area contributed by atoms with Gasteiger partial charge in [0.2, 0.25) is 5.91 Å². The number of aryl methyl sites for hydroxylation is 2. The Morgan fingerprint density at radius 1 is 0.846 bits per heavy atom. The number of rotatable bonds is 5. The smallest absolute Gasteiger partial charge is 0.244 e. The number of hydrogen-bond donors (Lipinski definition) is 1. The molecule has 0 fully saturated rings. The minimum Gasteiger partial charge on any atom is -0.342 e. The Kier molecular flexibility index (Phi) is 5.65. The summed E-state index contributed by atoms with van der Waals surface area (Å²) in [4.78, 5) is 12.6. The molecule has 0 bridgehead atoms. The van der Waals surface area contributed by atoms with E-state index in [1.807, 2.05) is 72.8 Å². The van der Waals surface area contributed by atoms with Crippen LogP contribution in [0.4, 0.5) is 0 Å². The van der Waals surface area contributed by atoms with Crippen LogP contribution < -0.4 is 5.32 Å². The van der Waals surface area contributed by atoms with Gasteiger partial charge in [0.25, 0.3) is 0 Å². The summed E-state index contributed by atoms with van der Waals surface area (Å²) in [6.07, 6.45) is 3.48. The number of amides is 1. The molecule has 0 radical (unpaired) electrons. The molecule has 0 unspecified atom stereocenters. The molecule has 0 atom stereocenters. The zero-order valence-electron chi connectivity index (χ0n) is 15.1. The number of carbonyl (C=O) groups is 1. The van der Waals surface area contributed by atoms with Crippen LogP contribution >= 0.6 is 0 Å². The summed E-state index contributed by atoms with van der Waals surface area (Å²) < 4.78 is 0. The van der Waals surface area contributed by atoms with Crippen molar-refractivity contribution < 1.29 is 4.79 Å². The van der Waals surface area contributed by atoms with Gasteiger partial charge in [0, 0.05) is 6.08 Å². The van der Waals surface area contributed by atoms with E-state index >= 15 is 0 Å². The van der Waals surface area contributed by atoms with E-state index in [0.29, 0.717) is 0 Å². The molecule has 2 nitrogen and oxygen atoms in total. The van der Waals surface area contributed by atoms with Crippen LogP contribution in [0.25, 0.3) is 6.08 Å². The van der Waals surface area contributed by atoms with Crippen molar-refractivity contribution >= 4 is 12.0 Å². The monoisotopic (exact) mass is 341 g/mol. The van der Waals surface area contributed by atoms with Crippen molar-refractivity contribution in [1.82, 2.24) is 5.32 Å². The molecule has 3 aromatic carbocycles. The third-order valence-electron chi connectivity index (χ3n) is 4.39. The van der Waals surface area contributed by atoms with Gasteiger partial charge in [-0.25, -0.2) is 0 Å². The lowest BCUT2D eigenvalue weighted by molar-refractivity contribution is -0.116. The highest BCUT2D eigenvalue weighted by molar-refractivity contribution is 5.92. The Labute approximate surface area is 155 Å². The van der Waals surface area contributed by atoms with Gasteiger partial charge in [-0.2, -0.15) is 0 Å². The molecule has 0 aliphatic heterocycles. The first-order chi connectivity index (χ1) is 12.6. The highest BCUT2D eigenvalue weighted by atomic mass is 16.1. The Morgan fingerprint density at radius 2 is 1.42 bits per heavy atom. The molecule has 3 aromatic rings. The molecule has 26 heavy (non-hydrogen) atoms. The van der Waals surface area contributed by atoms with E-state index in [4.69, 9.17) is 0 Å². The quantitative estimate of drug-likeness (QED) is 0.633. The largest absolute Gasteiger partial charge is 0.342 e. The molecule has 1 N–H and O–H groups in total. The zero-order valence-corrected chi connectivity index (χ0v) is 15.1. The summed E-state index contributed by atoms with van der Waals surface area (Å²) in [5.74, 6) is -0.109. The fraction of sp³-hybridized carbons (Fsp3) is 0.125. The molecule has 0 saturated carbocycles. The highest BCUT2D eigenvalue weighted by Gasteiger charge is 2.15. The summed E-state index contributed by atoms with van der Waals surface area (Å²) in [7, 11) is 0. The van der Waals surface area contributed by atoms with Gasteiger partial charge in [-0.3, -0.25) is 4.79 Å². The van der Waals surface area contributed by atoms with Gasteiger partial charge in [0.1, 0.15) is 0 Å². The zero-order chi connectivity index (χ0) is 18.4. The first-order valence-electron chi connectivity index (χ1n) is 8.79. The Hall–Kier alpha value is -3.13. The Morgan fingerprint density at radius 3 is 1.96 bits per heavy atom. The van der Waals surface area contributed by atoms with Crippen LogP contribution in [0.5, 0.6) is 0 Å².